The second kappa shape index (κ2) is 15.0. The zero-order valence-corrected chi connectivity index (χ0v) is 25.3. The Labute approximate surface area is 255 Å². The highest BCUT2D eigenvalue weighted by molar-refractivity contribution is 7.94. The number of ether oxygens (including phenoxy) is 1. The van der Waals surface area contributed by atoms with Gasteiger partial charge in [0.2, 0.25) is 0 Å². The number of benzene rings is 1. The topological polar surface area (TPSA) is 160 Å². The molecule has 0 aliphatic carbocycles. The summed E-state index contributed by atoms with van der Waals surface area (Å²) in [5.74, 6) is 4.96. The van der Waals surface area contributed by atoms with E-state index in [1.807, 2.05) is 0 Å². The minimum Gasteiger partial charge on any atom is -0.466 e. The molecular formula is C31H33N5O7S. The van der Waals surface area contributed by atoms with Gasteiger partial charge in [0.1, 0.15) is 0 Å². The third-order valence-corrected chi connectivity index (χ3v) is 8.70. The molecule has 3 aromatic rings. The zero-order valence-electron chi connectivity index (χ0n) is 24.5. The van der Waals surface area contributed by atoms with Crippen LogP contribution in [0.25, 0.3) is 0 Å². The molecule has 2 N–H and O–H groups in total. The smallest absolute Gasteiger partial charge is 0.317 e. The number of rotatable bonds is 8. The Hall–Kier alpha value is -4.96. The van der Waals surface area contributed by atoms with Gasteiger partial charge in [0, 0.05) is 60.8 Å². The van der Waals surface area contributed by atoms with E-state index < -0.39 is 15.6 Å². The van der Waals surface area contributed by atoms with Crippen LogP contribution < -0.4 is 10.6 Å². The predicted octanol–water partition coefficient (Wildman–Crippen LogP) is 3.61. The van der Waals surface area contributed by atoms with Crippen LogP contribution >= 0.6 is 0 Å². The Morgan fingerprint density at radius 2 is 1.86 bits per heavy atom. The lowest BCUT2D eigenvalue weighted by atomic mass is 10.1. The summed E-state index contributed by atoms with van der Waals surface area (Å²) in [6.07, 6.45) is 4.96. The number of hydrogen-bond acceptors (Lipinski definition) is 8. The minimum absolute atomic E-state index is 0.0638. The highest BCUT2D eigenvalue weighted by Crippen LogP contribution is 2.15. The molecule has 0 atom stereocenters. The Kier molecular flexibility index (Phi) is 10.9. The van der Waals surface area contributed by atoms with Crippen LogP contribution in [0.5, 0.6) is 0 Å². The van der Waals surface area contributed by atoms with Crippen molar-refractivity contribution in [2.75, 3.05) is 43.1 Å². The number of carbonyl (C=O) groups excluding carboxylic acids is 4. The van der Waals surface area contributed by atoms with Crippen molar-refractivity contribution in [2.24, 2.45) is 4.36 Å². The summed E-state index contributed by atoms with van der Waals surface area (Å²) in [6, 6.07) is 9.89. The van der Waals surface area contributed by atoms with E-state index in [0.29, 0.717) is 36.4 Å². The summed E-state index contributed by atoms with van der Waals surface area (Å²) in [5, 5.41) is 5.52. The molecule has 0 saturated carbocycles. The fourth-order valence-corrected chi connectivity index (χ4v) is 6.03. The molecule has 3 heterocycles. The number of furan rings is 1. The van der Waals surface area contributed by atoms with Crippen molar-refractivity contribution in [3.63, 3.8) is 0 Å². The number of nitrogens with zero attached hydrogens (tertiary/aromatic N) is 3. The summed E-state index contributed by atoms with van der Waals surface area (Å²) in [4.78, 5) is 54.8. The van der Waals surface area contributed by atoms with Gasteiger partial charge in [-0.05, 0) is 50.6 Å². The number of pyridine rings is 1. The SMILES string of the molecule is CCOC(=O)CCCNC(=O)N1CCS(=O)(=NC(=O)c2cncc(C#Cc3cccc(NC(=O)c4occc4C)c3)c2)CC1. The number of aromatic nitrogens is 1. The third kappa shape index (κ3) is 9.02. The number of nitrogens with one attached hydrogen (secondary N) is 2. The van der Waals surface area contributed by atoms with Crippen LogP contribution in [0.2, 0.25) is 0 Å². The maximum atomic E-state index is 13.3. The lowest BCUT2D eigenvalue weighted by Gasteiger charge is -2.28. The molecule has 12 nitrogen and oxygen atoms in total. The van der Waals surface area contributed by atoms with Crippen LogP contribution in [0, 0.1) is 18.8 Å². The molecule has 1 fully saturated rings. The van der Waals surface area contributed by atoms with Crippen LogP contribution in [-0.2, 0) is 19.3 Å². The van der Waals surface area contributed by atoms with Crippen LogP contribution in [-0.4, -0.2) is 75.7 Å². The first kappa shape index (κ1) is 32.0. The molecule has 1 aliphatic rings. The van der Waals surface area contributed by atoms with Gasteiger partial charge in [-0.25, -0.2) is 9.00 Å². The predicted molar refractivity (Wildman–Crippen MR) is 164 cm³/mol. The largest absolute Gasteiger partial charge is 0.466 e. The van der Waals surface area contributed by atoms with Crippen LogP contribution in [0.15, 0.2) is 63.8 Å². The van der Waals surface area contributed by atoms with E-state index in [1.54, 1.807) is 44.2 Å². The third-order valence-electron chi connectivity index (χ3n) is 6.56. The van der Waals surface area contributed by atoms with Gasteiger partial charge in [0.15, 0.2) is 5.76 Å². The maximum Gasteiger partial charge on any atom is 0.317 e. The molecule has 0 bridgehead atoms. The second-order valence-corrected chi connectivity index (χ2v) is 12.4. The summed E-state index contributed by atoms with van der Waals surface area (Å²) in [6.45, 7) is 4.51. The molecule has 230 valence electrons. The molecule has 44 heavy (non-hydrogen) atoms. The van der Waals surface area contributed by atoms with Crippen molar-refractivity contribution in [3.05, 3.63) is 83.1 Å². The van der Waals surface area contributed by atoms with Crippen molar-refractivity contribution in [2.45, 2.75) is 26.7 Å². The monoisotopic (exact) mass is 619 g/mol. The number of esters is 1. The minimum atomic E-state index is -2.86. The van der Waals surface area contributed by atoms with E-state index in [9.17, 15) is 23.4 Å². The van der Waals surface area contributed by atoms with Crippen molar-refractivity contribution in [1.29, 1.82) is 0 Å². The van der Waals surface area contributed by atoms with Crippen molar-refractivity contribution in [1.82, 2.24) is 15.2 Å². The van der Waals surface area contributed by atoms with E-state index >= 15 is 0 Å². The van der Waals surface area contributed by atoms with Gasteiger partial charge in [-0.2, -0.15) is 4.36 Å². The molecule has 4 amide bonds. The summed E-state index contributed by atoms with van der Waals surface area (Å²) >= 11 is 0. The van der Waals surface area contributed by atoms with Gasteiger partial charge < -0.3 is 24.7 Å². The van der Waals surface area contributed by atoms with Gasteiger partial charge >= 0.3 is 12.0 Å². The fraction of sp³-hybridized carbons (Fsp3) is 0.323. The Morgan fingerprint density at radius 3 is 2.59 bits per heavy atom. The molecule has 1 aliphatic heterocycles. The standard InChI is InChI=1S/C31H33N5O7S/c1-3-42-27(37)8-5-12-33-31(40)36-13-16-44(41,17-14-36)35-29(38)25-18-24(20-32-21-25)10-9-23-6-4-7-26(19-23)34-30(39)28-22(2)11-15-43-28/h4,6-7,11,15,18-21H,3,5,8,12-14,16-17H2,1-2H3,(H,33,40)(H,34,39). The van der Waals surface area contributed by atoms with Crippen LogP contribution in [0.1, 0.15) is 57.4 Å². The van der Waals surface area contributed by atoms with Gasteiger partial charge in [-0.3, -0.25) is 19.4 Å². The summed E-state index contributed by atoms with van der Waals surface area (Å²) in [5.41, 5.74) is 2.50. The molecule has 0 radical (unpaired) electrons. The molecule has 1 aromatic carbocycles. The van der Waals surface area contributed by atoms with E-state index in [2.05, 4.69) is 31.8 Å². The number of aryl methyl sites for hydroxylation is 1. The number of hydrogen-bond donors (Lipinski definition) is 2. The van der Waals surface area contributed by atoms with E-state index in [-0.39, 0.29) is 60.2 Å². The lowest BCUT2D eigenvalue weighted by Crippen LogP contribution is -2.48. The Bertz CT molecular complexity index is 1720. The number of amides is 4. The van der Waals surface area contributed by atoms with Gasteiger partial charge in [0.05, 0.1) is 39.7 Å². The molecule has 2 aromatic heterocycles. The molecule has 1 saturated heterocycles. The molecule has 13 heteroatoms. The normalized spacial score (nSPS) is 13.6. The van der Waals surface area contributed by atoms with E-state index in [0.717, 1.165) is 5.56 Å². The van der Waals surface area contributed by atoms with Crippen LogP contribution in [0.3, 0.4) is 0 Å². The summed E-state index contributed by atoms with van der Waals surface area (Å²) < 4.78 is 27.4. The average molecular weight is 620 g/mol. The van der Waals surface area contributed by atoms with Crippen LogP contribution in [0.4, 0.5) is 10.5 Å². The summed E-state index contributed by atoms with van der Waals surface area (Å²) in [7, 11) is -2.86. The van der Waals surface area contributed by atoms with E-state index in [1.165, 1.54) is 29.6 Å². The molecular weight excluding hydrogens is 586 g/mol. The molecule has 4 rings (SSSR count). The number of urea groups is 1. The van der Waals surface area contributed by atoms with Gasteiger partial charge in [0.25, 0.3) is 11.8 Å². The van der Waals surface area contributed by atoms with E-state index in [4.69, 9.17) is 9.15 Å². The average Bonchev–Trinajstić information content (AvgIpc) is 3.45. The second-order valence-electron chi connectivity index (χ2n) is 9.88. The fourth-order valence-electron chi connectivity index (χ4n) is 4.23. The van der Waals surface area contributed by atoms with Crippen molar-refractivity contribution in [3.8, 4) is 11.8 Å². The number of anilines is 1. The number of carbonyl (C=O) groups is 4. The molecule has 0 unspecified atom stereocenters. The quantitative estimate of drug-likeness (QED) is 0.220. The van der Waals surface area contributed by atoms with Gasteiger partial charge in [-0.1, -0.05) is 17.9 Å². The lowest BCUT2D eigenvalue weighted by molar-refractivity contribution is -0.143. The first-order valence-corrected chi connectivity index (χ1v) is 15.9. The zero-order chi connectivity index (χ0) is 31.5. The highest BCUT2D eigenvalue weighted by atomic mass is 32.2. The first-order valence-electron chi connectivity index (χ1n) is 14.0. The Morgan fingerprint density at radius 1 is 1.09 bits per heavy atom. The highest BCUT2D eigenvalue weighted by Gasteiger charge is 2.25. The Balaban J connectivity index is 1.33. The van der Waals surface area contributed by atoms with Gasteiger partial charge in [-0.15, -0.1) is 0 Å². The van der Waals surface area contributed by atoms with Crippen molar-refractivity contribution < 1.29 is 32.5 Å². The molecule has 0 spiro atoms. The maximum absolute atomic E-state index is 13.3. The van der Waals surface area contributed by atoms with Crippen molar-refractivity contribution >= 4 is 39.2 Å². The first-order chi connectivity index (χ1) is 21.2.